The number of carbonyl (C=O) groups is 2. The predicted molar refractivity (Wildman–Crippen MR) is 108 cm³/mol. The maximum absolute atomic E-state index is 13.0. The normalized spacial score (nSPS) is 16.5. The summed E-state index contributed by atoms with van der Waals surface area (Å²) in [5.41, 5.74) is 0.696. The Bertz CT molecular complexity index is 948. The van der Waals surface area contributed by atoms with Crippen LogP contribution in [0.4, 0.5) is 5.69 Å². The molecule has 0 spiro atoms. The second kappa shape index (κ2) is 7.40. The van der Waals surface area contributed by atoms with Crippen LogP contribution in [0.25, 0.3) is 10.1 Å². The van der Waals surface area contributed by atoms with Gasteiger partial charge in [0.25, 0.3) is 5.91 Å². The van der Waals surface area contributed by atoms with Crippen molar-refractivity contribution in [1.82, 2.24) is 4.90 Å². The van der Waals surface area contributed by atoms with E-state index in [4.69, 9.17) is 4.74 Å². The quantitative estimate of drug-likeness (QED) is 0.740. The maximum atomic E-state index is 13.0. The Hall–Kier alpha value is -2.86. The maximum Gasteiger partial charge on any atom is 0.264 e. The molecule has 4 rings (SSSR count). The van der Waals surface area contributed by atoms with Gasteiger partial charge in [-0.05, 0) is 54.6 Å². The molecule has 1 unspecified atom stereocenters. The molecule has 0 bridgehead atoms. The average molecular weight is 380 g/mol. The van der Waals surface area contributed by atoms with Gasteiger partial charge < -0.3 is 15.0 Å². The second-order valence-electron chi connectivity index (χ2n) is 6.52. The molecule has 2 amide bonds. The van der Waals surface area contributed by atoms with Crippen molar-refractivity contribution in [3.05, 3.63) is 59.5 Å². The molecular formula is C21H20N2O3S. The van der Waals surface area contributed by atoms with Gasteiger partial charge in [-0.2, -0.15) is 0 Å². The zero-order valence-electron chi connectivity index (χ0n) is 15.0. The Kier molecular flexibility index (Phi) is 4.81. The van der Waals surface area contributed by atoms with Crippen molar-refractivity contribution in [2.24, 2.45) is 0 Å². The number of hydrogen-bond donors (Lipinski definition) is 1. The van der Waals surface area contributed by atoms with E-state index >= 15 is 0 Å². The number of amides is 2. The third kappa shape index (κ3) is 3.53. The number of hydrogen-bond acceptors (Lipinski definition) is 4. The fourth-order valence-electron chi connectivity index (χ4n) is 3.41. The van der Waals surface area contributed by atoms with Crippen molar-refractivity contribution in [2.75, 3.05) is 19.0 Å². The molecule has 1 aromatic heterocycles. The summed E-state index contributed by atoms with van der Waals surface area (Å²) in [7, 11) is 1.60. The van der Waals surface area contributed by atoms with Crippen LogP contribution in [-0.2, 0) is 4.79 Å². The molecule has 1 N–H and O–H groups in total. The first-order valence-electron chi connectivity index (χ1n) is 8.90. The van der Waals surface area contributed by atoms with Gasteiger partial charge in [-0.25, -0.2) is 0 Å². The molecular weight excluding hydrogens is 360 g/mol. The summed E-state index contributed by atoms with van der Waals surface area (Å²) >= 11 is 1.48. The van der Waals surface area contributed by atoms with Crippen molar-refractivity contribution in [3.63, 3.8) is 0 Å². The van der Waals surface area contributed by atoms with Crippen LogP contribution in [0, 0.1) is 0 Å². The largest absolute Gasteiger partial charge is 0.497 e. The first-order valence-corrected chi connectivity index (χ1v) is 9.72. The number of carbonyl (C=O) groups excluding carboxylic acids is 2. The highest BCUT2D eigenvalue weighted by Crippen LogP contribution is 2.29. The Morgan fingerprint density at radius 3 is 2.67 bits per heavy atom. The zero-order chi connectivity index (χ0) is 18.8. The molecule has 27 heavy (non-hydrogen) atoms. The number of nitrogens with one attached hydrogen (secondary N) is 1. The molecule has 5 nitrogen and oxygen atoms in total. The van der Waals surface area contributed by atoms with Crippen LogP contribution in [-0.4, -0.2) is 36.4 Å². The van der Waals surface area contributed by atoms with E-state index in [9.17, 15) is 9.59 Å². The van der Waals surface area contributed by atoms with Gasteiger partial charge in [0.15, 0.2) is 0 Å². The van der Waals surface area contributed by atoms with Crippen LogP contribution in [0.15, 0.2) is 54.6 Å². The van der Waals surface area contributed by atoms with Gasteiger partial charge in [0.2, 0.25) is 5.91 Å². The Morgan fingerprint density at radius 1 is 1.15 bits per heavy atom. The molecule has 1 saturated heterocycles. The SMILES string of the molecule is COc1ccc(NC(=O)C2CCCN2C(=O)c2cc3ccccc3s2)cc1. The molecule has 138 valence electrons. The number of rotatable bonds is 4. The fourth-order valence-corrected chi connectivity index (χ4v) is 4.43. The summed E-state index contributed by atoms with van der Waals surface area (Å²) < 4.78 is 6.21. The molecule has 0 radical (unpaired) electrons. The zero-order valence-corrected chi connectivity index (χ0v) is 15.8. The van der Waals surface area contributed by atoms with Gasteiger partial charge in [0.1, 0.15) is 11.8 Å². The lowest BCUT2D eigenvalue weighted by atomic mass is 10.2. The summed E-state index contributed by atoms with van der Waals surface area (Å²) in [6.07, 6.45) is 1.51. The monoisotopic (exact) mass is 380 g/mol. The number of anilines is 1. The second-order valence-corrected chi connectivity index (χ2v) is 7.61. The molecule has 1 fully saturated rings. The number of nitrogens with zero attached hydrogens (tertiary/aromatic N) is 1. The highest BCUT2D eigenvalue weighted by molar-refractivity contribution is 7.20. The van der Waals surface area contributed by atoms with E-state index in [1.54, 1.807) is 36.3 Å². The van der Waals surface area contributed by atoms with Gasteiger partial charge in [0.05, 0.1) is 12.0 Å². The summed E-state index contributed by atoms with van der Waals surface area (Å²) in [4.78, 5) is 28.1. The van der Waals surface area contributed by atoms with Crippen molar-refractivity contribution in [3.8, 4) is 5.75 Å². The van der Waals surface area contributed by atoms with Crippen LogP contribution in [0.1, 0.15) is 22.5 Å². The van der Waals surface area contributed by atoms with E-state index in [0.717, 1.165) is 22.3 Å². The van der Waals surface area contributed by atoms with Crippen molar-refractivity contribution < 1.29 is 14.3 Å². The lowest BCUT2D eigenvalue weighted by molar-refractivity contribution is -0.119. The standard InChI is InChI=1S/C21H20N2O3S/c1-26-16-10-8-15(9-11-16)22-20(24)17-6-4-12-23(17)21(25)19-13-14-5-2-3-7-18(14)27-19/h2-3,5,7-11,13,17H,4,6,12H2,1H3,(H,22,24). The van der Waals surface area contributed by atoms with E-state index < -0.39 is 6.04 Å². The molecule has 3 aromatic rings. The Morgan fingerprint density at radius 2 is 1.93 bits per heavy atom. The minimum absolute atomic E-state index is 0.0661. The minimum atomic E-state index is -0.440. The van der Waals surface area contributed by atoms with Crippen LogP contribution in [0.3, 0.4) is 0 Å². The molecule has 1 aliphatic heterocycles. The molecule has 6 heteroatoms. The smallest absolute Gasteiger partial charge is 0.264 e. The number of thiophene rings is 1. The highest BCUT2D eigenvalue weighted by Gasteiger charge is 2.35. The van der Waals surface area contributed by atoms with E-state index in [2.05, 4.69) is 5.32 Å². The van der Waals surface area contributed by atoms with E-state index in [0.29, 0.717) is 23.5 Å². The van der Waals surface area contributed by atoms with Crippen LogP contribution < -0.4 is 10.1 Å². The van der Waals surface area contributed by atoms with Gasteiger partial charge in [0, 0.05) is 16.9 Å². The number of likely N-dealkylation sites (tertiary alicyclic amines) is 1. The highest BCUT2D eigenvalue weighted by atomic mass is 32.1. The summed E-state index contributed by atoms with van der Waals surface area (Å²) in [6, 6.07) is 16.6. The van der Waals surface area contributed by atoms with E-state index in [1.807, 2.05) is 30.3 Å². The Balaban J connectivity index is 1.50. The lowest BCUT2D eigenvalue weighted by Gasteiger charge is -2.23. The number of benzene rings is 2. The number of ether oxygens (including phenoxy) is 1. The van der Waals surface area contributed by atoms with Gasteiger partial charge >= 0.3 is 0 Å². The van der Waals surface area contributed by atoms with E-state index in [-0.39, 0.29) is 11.8 Å². The fraction of sp³-hybridized carbons (Fsp3) is 0.238. The molecule has 1 aliphatic rings. The van der Waals surface area contributed by atoms with Crippen molar-refractivity contribution in [2.45, 2.75) is 18.9 Å². The minimum Gasteiger partial charge on any atom is -0.497 e. The summed E-state index contributed by atoms with van der Waals surface area (Å²) in [5.74, 6) is 0.520. The van der Waals surface area contributed by atoms with Crippen LogP contribution in [0.5, 0.6) is 5.75 Å². The third-order valence-corrected chi connectivity index (χ3v) is 5.91. The first-order chi connectivity index (χ1) is 13.2. The van der Waals surface area contributed by atoms with Crippen LogP contribution in [0.2, 0.25) is 0 Å². The molecule has 0 saturated carbocycles. The summed E-state index contributed by atoms with van der Waals surface area (Å²) in [5, 5.41) is 3.97. The molecule has 0 aliphatic carbocycles. The van der Waals surface area contributed by atoms with Crippen molar-refractivity contribution in [1.29, 1.82) is 0 Å². The van der Waals surface area contributed by atoms with Gasteiger partial charge in [-0.1, -0.05) is 18.2 Å². The predicted octanol–water partition coefficient (Wildman–Crippen LogP) is 4.15. The molecule has 2 aromatic carbocycles. The van der Waals surface area contributed by atoms with Gasteiger partial charge in [-0.3, -0.25) is 9.59 Å². The topological polar surface area (TPSA) is 58.6 Å². The third-order valence-electron chi connectivity index (χ3n) is 4.81. The molecule has 1 atom stereocenters. The number of methoxy groups -OCH3 is 1. The van der Waals surface area contributed by atoms with Gasteiger partial charge in [-0.15, -0.1) is 11.3 Å². The molecule has 2 heterocycles. The summed E-state index contributed by atoms with van der Waals surface area (Å²) in [6.45, 7) is 0.605. The van der Waals surface area contributed by atoms with E-state index in [1.165, 1.54) is 11.3 Å². The first kappa shape index (κ1) is 17.5. The van der Waals surface area contributed by atoms with Crippen molar-refractivity contribution >= 4 is 38.9 Å². The number of fused-ring (bicyclic) bond motifs is 1. The lowest BCUT2D eigenvalue weighted by Crippen LogP contribution is -2.42. The average Bonchev–Trinajstić information content (AvgIpc) is 3.35. The van der Waals surface area contributed by atoms with Crippen LogP contribution >= 0.6 is 11.3 Å². The Labute approximate surface area is 161 Å².